The predicted octanol–water partition coefficient (Wildman–Crippen LogP) is 4.65. The number of hydrogen-bond acceptors (Lipinski definition) is 5. The maximum Gasteiger partial charge on any atom is 0.326 e. The van der Waals surface area contributed by atoms with Crippen LogP contribution in [0.3, 0.4) is 0 Å². The number of fused-ring (bicyclic) bond motifs is 3. The molecule has 0 aromatic heterocycles. The molecule has 2 aromatic rings. The highest BCUT2D eigenvalue weighted by Crippen LogP contribution is 2.55. The number of hydrogen-bond donors (Lipinski definition) is 2. The van der Waals surface area contributed by atoms with Crippen molar-refractivity contribution in [3.8, 4) is 0 Å². The summed E-state index contributed by atoms with van der Waals surface area (Å²) in [6.07, 6.45) is 0.576. The van der Waals surface area contributed by atoms with Gasteiger partial charge in [0.1, 0.15) is 6.04 Å². The van der Waals surface area contributed by atoms with E-state index in [9.17, 15) is 20.0 Å². The van der Waals surface area contributed by atoms with Gasteiger partial charge in [-0.2, -0.15) is 0 Å². The number of aryl methyl sites for hydroxylation is 1. The van der Waals surface area contributed by atoms with E-state index in [0.29, 0.717) is 11.3 Å². The molecule has 0 amide bonds. The van der Waals surface area contributed by atoms with E-state index in [1.54, 1.807) is 18.2 Å². The van der Waals surface area contributed by atoms with Crippen molar-refractivity contribution >= 4 is 40.7 Å². The van der Waals surface area contributed by atoms with Gasteiger partial charge in [-0.05, 0) is 37.0 Å². The van der Waals surface area contributed by atoms with Crippen molar-refractivity contribution in [2.75, 3.05) is 5.32 Å². The first-order valence-electron chi connectivity index (χ1n) is 9.01. The standard InChI is InChI=1S/C20H19ClN2O4S/c1-10-6-7-13-11(8-10)17-12(19(22-13)20(24)25)9-16(18(17)21)28-15-5-3-2-4-14(15)23(26)27/h2-8,12,16-19,22H,9H2,1H3,(H,24,25). The average Bonchev–Trinajstić information content (AvgIpc) is 2.98. The van der Waals surface area contributed by atoms with Crippen LogP contribution in [0.15, 0.2) is 47.4 Å². The summed E-state index contributed by atoms with van der Waals surface area (Å²) in [4.78, 5) is 23.4. The molecule has 146 valence electrons. The van der Waals surface area contributed by atoms with Crippen molar-refractivity contribution in [2.24, 2.45) is 5.92 Å². The summed E-state index contributed by atoms with van der Waals surface area (Å²) < 4.78 is 0. The second-order valence-electron chi connectivity index (χ2n) is 7.30. The van der Waals surface area contributed by atoms with Crippen LogP contribution in [-0.4, -0.2) is 32.7 Å². The van der Waals surface area contributed by atoms with Gasteiger partial charge in [-0.3, -0.25) is 10.1 Å². The molecule has 1 heterocycles. The molecule has 1 saturated carbocycles. The van der Waals surface area contributed by atoms with E-state index >= 15 is 0 Å². The number of nitro groups is 1. The minimum Gasteiger partial charge on any atom is -0.480 e. The van der Waals surface area contributed by atoms with Gasteiger partial charge in [0.15, 0.2) is 0 Å². The van der Waals surface area contributed by atoms with E-state index < -0.39 is 16.9 Å². The number of carboxylic acids is 1. The molecule has 0 saturated heterocycles. The SMILES string of the molecule is Cc1ccc2c(c1)C1C(Cl)C(Sc3ccccc3[N+](=O)[O-])CC1C(C(=O)O)N2. The first kappa shape index (κ1) is 19.1. The highest BCUT2D eigenvalue weighted by Gasteiger charge is 2.52. The van der Waals surface area contributed by atoms with E-state index in [4.69, 9.17) is 11.6 Å². The maximum atomic E-state index is 11.9. The smallest absolute Gasteiger partial charge is 0.326 e. The van der Waals surface area contributed by atoms with Gasteiger partial charge in [0.2, 0.25) is 0 Å². The van der Waals surface area contributed by atoms with Gasteiger partial charge in [-0.15, -0.1) is 23.4 Å². The number of nitro benzene ring substituents is 1. The van der Waals surface area contributed by atoms with Crippen LogP contribution in [0.1, 0.15) is 23.5 Å². The first-order chi connectivity index (χ1) is 13.4. The number of benzene rings is 2. The Balaban J connectivity index is 1.70. The molecule has 0 radical (unpaired) electrons. The number of nitrogens with one attached hydrogen (secondary N) is 1. The van der Waals surface area contributed by atoms with Crippen LogP contribution in [0.2, 0.25) is 0 Å². The largest absolute Gasteiger partial charge is 0.480 e. The van der Waals surface area contributed by atoms with Gasteiger partial charge in [-0.1, -0.05) is 29.8 Å². The zero-order valence-electron chi connectivity index (χ0n) is 15.0. The number of halogens is 1. The molecular formula is C20H19ClN2O4S. The van der Waals surface area contributed by atoms with E-state index in [-0.39, 0.29) is 28.2 Å². The molecule has 5 atom stereocenters. The lowest BCUT2D eigenvalue weighted by Gasteiger charge is -2.36. The average molecular weight is 419 g/mol. The molecule has 5 unspecified atom stereocenters. The van der Waals surface area contributed by atoms with Crippen LogP contribution in [-0.2, 0) is 4.79 Å². The quantitative estimate of drug-likeness (QED) is 0.426. The van der Waals surface area contributed by atoms with E-state index in [2.05, 4.69) is 11.4 Å². The fourth-order valence-corrected chi connectivity index (χ4v) is 6.29. The Hall–Kier alpha value is -2.25. The fourth-order valence-electron chi connectivity index (χ4n) is 4.35. The lowest BCUT2D eigenvalue weighted by atomic mass is 9.79. The summed E-state index contributed by atoms with van der Waals surface area (Å²) in [5.74, 6) is -1.19. The molecule has 1 aliphatic heterocycles. The van der Waals surface area contributed by atoms with E-state index in [1.165, 1.54) is 17.8 Å². The first-order valence-corrected chi connectivity index (χ1v) is 10.3. The maximum absolute atomic E-state index is 11.9. The third kappa shape index (κ3) is 3.22. The van der Waals surface area contributed by atoms with Crippen LogP contribution in [0.4, 0.5) is 11.4 Å². The highest BCUT2D eigenvalue weighted by molar-refractivity contribution is 8.00. The van der Waals surface area contributed by atoms with Crippen molar-refractivity contribution in [3.05, 3.63) is 63.7 Å². The number of alkyl halides is 1. The number of rotatable bonds is 4. The molecule has 0 bridgehead atoms. The van der Waals surface area contributed by atoms with Crippen LogP contribution in [0.5, 0.6) is 0 Å². The van der Waals surface area contributed by atoms with Gasteiger partial charge in [0.05, 0.1) is 15.2 Å². The Morgan fingerprint density at radius 2 is 2.07 bits per heavy atom. The van der Waals surface area contributed by atoms with Gasteiger partial charge in [0.25, 0.3) is 5.69 Å². The van der Waals surface area contributed by atoms with Crippen LogP contribution in [0, 0.1) is 23.0 Å². The molecular weight excluding hydrogens is 400 g/mol. The topological polar surface area (TPSA) is 92.5 Å². The molecule has 1 aliphatic carbocycles. The van der Waals surface area contributed by atoms with E-state index in [1.807, 2.05) is 19.1 Å². The molecule has 4 rings (SSSR count). The third-order valence-electron chi connectivity index (χ3n) is 5.58. The van der Waals surface area contributed by atoms with Gasteiger partial charge in [0, 0.05) is 22.9 Å². The Morgan fingerprint density at radius 3 is 2.79 bits per heavy atom. The van der Waals surface area contributed by atoms with Gasteiger partial charge >= 0.3 is 5.97 Å². The summed E-state index contributed by atoms with van der Waals surface area (Å²) in [6.45, 7) is 2.00. The Labute approximate surface area is 171 Å². The molecule has 8 heteroatoms. The minimum absolute atomic E-state index is 0.0513. The van der Waals surface area contributed by atoms with Crippen molar-refractivity contribution < 1.29 is 14.8 Å². The highest BCUT2D eigenvalue weighted by atomic mass is 35.5. The molecule has 6 nitrogen and oxygen atoms in total. The summed E-state index contributed by atoms with van der Waals surface area (Å²) in [7, 11) is 0. The van der Waals surface area contributed by atoms with Crippen LogP contribution in [0.25, 0.3) is 0 Å². The molecule has 2 aliphatic rings. The number of carboxylic acid groups (broad SMARTS) is 1. The summed E-state index contributed by atoms with van der Waals surface area (Å²) in [6, 6.07) is 11.8. The normalized spacial score (nSPS) is 28.1. The monoisotopic (exact) mass is 418 g/mol. The predicted molar refractivity (Wildman–Crippen MR) is 109 cm³/mol. The van der Waals surface area contributed by atoms with E-state index in [0.717, 1.165) is 16.8 Å². The second-order valence-corrected chi connectivity index (χ2v) is 9.09. The lowest BCUT2D eigenvalue weighted by molar-refractivity contribution is -0.387. The second kappa shape index (κ2) is 7.29. The summed E-state index contributed by atoms with van der Waals surface area (Å²) in [5, 5.41) is 23.8. The van der Waals surface area contributed by atoms with Crippen LogP contribution < -0.4 is 5.32 Å². The van der Waals surface area contributed by atoms with Crippen LogP contribution >= 0.6 is 23.4 Å². The summed E-state index contributed by atoms with van der Waals surface area (Å²) >= 11 is 8.25. The fraction of sp³-hybridized carbons (Fsp3) is 0.350. The van der Waals surface area contributed by atoms with Gasteiger partial charge < -0.3 is 10.4 Å². The van der Waals surface area contributed by atoms with Crippen molar-refractivity contribution in [1.82, 2.24) is 0 Å². The molecule has 1 fully saturated rings. The number of aliphatic carboxylic acids is 1. The number of carbonyl (C=O) groups is 1. The zero-order chi connectivity index (χ0) is 20.0. The lowest BCUT2D eigenvalue weighted by Crippen LogP contribution is -2.42. The summed E-state index contributed by atoms with van der Waals surface area (Å²) in [5.41, 5.74) is 2.98. The Kier molecular flexibility index (Phi) is 4.97. The molecule has 0 spiro atoms. The Morgan fingerprint density at radius 1 is 1.32 bits per heavy atom. The molecule has 2 N–H and O–H groups in total. The Bertz CT molecular complexity index is 954. The number of nitrogens with zero attached hydrogens (tertiary/aromatic N) is 1. The number of thioether (sulfide) groups is 1. The third-order valence-corrected chi connectivity index (χ3v) is 7.69. The number of anilines is 1. The number of para-hydroxylation sites is 1. The van der Waals surface area contributed by atoms with Crippen molar-refractivity contribution in [3.63, 3.8) is 0 Å². The molecule has 28 heavy (non-hydrogen) atoms. The zero-order valence-corrected chi connectivity index (χ0v) is 16.6. The van der Waals surface area contributed by atoms with Crippen molar-refractivity contribution in [1.29, 1.82) is 0 Å². The van der Waals surface area contributed by atoms with Gasteiger partial charge in [-0.25, -0.2) is 4.79 Å². The van der Waals surface area contributed by atoms with Crippen molar-refractivity contribution in [2.45, 2.75) is 40.8 Å². The minimum atomic E-state index is -0.901. The molecule has 2 aromatic carbocycles.